The van der Waals surface area contributed by atoms with Crippen LogP contribution in [0.3, 0.4) is 0 Å². The van der Waals surface area contributed by atoms with E-state index in [-0.39, 0.29) is 19.1 Å². The Kier molecular flexibility index (Phi) is 6.68. The number of amides is 1. The fraction of sp³-hybridized carbons (Fsp3) is 0.333. The van der Waals surface area contributed by atoms with Crippen molar-refractivity contribution in [3.05, 3.63) is 60.2 Å². The van der Waals surface area contributed by atoms with Crippen molar-refractivity contribution in [3.8, 4) is 11.5 Å². The molecule has 1 amide bonds. The second-order valence-corrected chi connectivity index (χ2v) is 6.28. The summed E-state index contributed by atoms with van der Waals surface area (Å²) in [6, 6.07) is 16.9. The molecule has 0 saturated carbocycles. The quantitative estimate of drug-likeness (QED) is 0.670. The van der Waals surface area contributed by atoms with Gasteiger partial charge in [0, 0.05) is 13.1 Å². The Morgan fingerprint density at radius 1 is 0.815 bits per heavy atom. The predicted octanol–water partition coefficient (Wildman–Crippen LogP) is 2.81. The maximum absolute atomic E-state index is 11.8. The molecule has 0 radical (unpaired) electrons. The molecule has 0 unspecified atom stereocenters. The van der Waals surface area contributed by atoms with Crippen LogP contribution in [0.4, 0.5) is 0 Å². The molecule has 2 aromatic rings. The van der Waals surface area contributed by atoms with Gasteiger partial charge < -0.3 is 19.1 Å². The van der Waals surface area contributed by atoms with Crippen LogP contribution < -0.4 is 9.47 Å². The van der Waals surface area contributed by atoms with Crippen molar-refractivity contribution < 1.29 is 23.8 Å². The molecule has 3 rings (SSSR count). The Bertz CT molecular complexity index is 739. The molecule has 27 heavy (non-hydrogen) atoms. The number of likely N-dealkylation sites (tertiary alicyclic amines) is 1. The Morgan fingerprint density at radius 3 is 2.11 bits per heavy atom. The SMILES string of the molecule is O=C(COc1ccc(OCc2ccccc2)cc1)OCC(=O)N1CCCC1. The lowest BCUT2D eigenvalue weighted by atomic mass is 10.2. The van der Waals surface area contributed by atoms with Crippen LogP contribution in [0.15, 0.2) is 54.6 Å². The van der Waals surface area contributed by atoms with Crippen LogP contribution in [0.5, 0.6) is 11.5 Å². The number of hydrogen-bond donors (Lipinski definition) is 0. The Balaban J connectivity index is 1.36. The van der Waals surface area contributed by atoms with Crippen molar-refractivity contribution in [1.29, 1.82) is 0 Å². The molecular weight excluding hydrogens is 346 g/mol. The fourth-order valence-electron chi connectivity index (χ4n) is 2.76. The summed E-state index contributed by atoms with van der Waals surface area (Å²) < 4.78 is 16.1. The second kappa shape index (κ2) is 9.62. The lowest BCUT2D eigenvalue weighted by Gasteiger charge is -2.15. The number of benzene rings is 2. The van der Waals surface area contributed by atoms with E-state index in [4.69, 9.17) is 14.2 Å². The summed E-state index contributed by atoms with van der Waals surface area (Å²) in [5.41, 5.74) is 1.09. The van der Waals surface area contributed by atoms with Crippen LogP contribution >= 0.6 is 0 Å². The highest BCUT2D eigenvalue weighted by Gasteiger charge is 2.19. The molecule has 0 aromatic heterocycles. The zero-order valence-electron chi connectivity index (χ0n) is 15.1. The normalized spacial score (nSPS) is 13.3. The first-order valence-corrected chi connectivity index (χ1v) is 9.04. The lowest BCUT2D eigenvalue weighted by Crippen LogP contribution is -2.32. The molecule has 6 heteroatoms. The van der Waals surface area contributed by atoms with Gasteiger partial charge in [-0.25, -0.2) is 4.79 Å². The summed E-state index contributed by atoms with van der Waals surface area (Å²) in [7, 11) is 0. The average Bonchev–Trinajstić information content (AvgIpc) is 3.25. The summed E-state index contributed by atoms with van der Waals surface area (Å²) in [4.78, 5) is 25.2. The summed E-state index contributed by atoms with van der Waals surface area (Å²) >= 11 is 0. The van der Waals surface area contributed by atoms with E-state index in [0.717, 1.165) is 31.5 Å². The van der Waals surface area contributed by atoms with Crippen molar-refractivity contribution in [2.45, 2.75) is 19.4 Å². The maximum atomic E-state index is 11.8. The summed E-state index contributed by atoms with van der Waals surface area (Å²) in [6.07, 6.45) is 2.02. The van der Waals surface area contributed by atoms with E-state index in [1.807, 2.05) is 30.3 Å². The van der Waals surface area contributed by atoms with Crippen molar-refractivity contribution in [1.82, 2.24) is 4.90 Å². The minimum atomic E-state index is -0.563. The summed E-state index contributed by atoms with van der Waals surface area (Å²) in [5.74, 6) is 0.530. The van der Waals surface area contributed by atoms with Crippen LogP contribution in [0.25, 0.3) is 0 Å². The van der Waals surface area contributed by atoms with E-state index < -0.39 is 5.97 Å². The number of carbonyl (C=O) groups is 2. The third kappa shape index (κ3) is 6.02. The topological polar surface area (TPSA) is 65.1 Å². The molecule has 0 aliphatic carbocycles. The van der Waals surface area contributed by atoms with Crippen LogP contribution in [-0.4, -0.2) is 43.1 Å². The van der Waals surface area contributed by atoms with Gasteiger partial charge in [-0.15, -0.1) is 0 Å². The molecule has 0 N–H and O–H groups in total. The van der Waals surface area contributed by atoms with Gasteiger partial charge in [-0.2, -0.15) is 0 Å². The first kappa shape index (κ1) is 18.8. The van der Waals surface area contributed by atoms with Crippen molar-refractivity contribution in [2.75, 3.05) is 26.3 Å². The maximum Gasteiger partial charge on any atom is 0.344 e. The molecular formula is C21H23NO5. The van der Waals surface area contributed by atoms with Gasteiger partial charge in [0.25, 0.3) is 5.91 Å². The van der Waals surface area contributed by atoms with Crippen molar-refractivity contribution in [2.24, 2.45) is 0 Å². The fourth-order valence-corrected chi connectivity index (χ4v) is 2.76. The molecule has 0 spiro atoms. The Morgan fingerprint density at radius 2 is 1.44 bits per heavy atom. The van der Waals surface area contributed by atoms with Crippen LogP contribution in [-0.2, 0) is 20.9 Å². The van der Waals surface area contributed by atoms with E-state index in [1.165, 1.54) is 0 Å². The number of nitrogens with zero attached hydrogens (tertiary/aromatic N) is 1. The molecule has 1 fully saturated rings. The van der Waals surface area contributed by atoms with E-state index >= 15 is 0 Å². The number of carbonyl (C=O) groups excluding carboxylic acids is 2. The van der Waals surface area contributed by atoms with Gasteiger partial charge in [-0.1, -0.05) is 30.3 Å². The molecule has 0 atom stereocenters. The predicted molar refractivity (Wildman–Crippen MR) is 99.5 cm³/mol. The summed E-state index contributed by atoms with van der Waals surface area (Å²) in [6.45, 7) is 1.50. The van der Waals surface area contributed by atoms with E-state index in [9.17, 15) is 9.59 Å². The van der Waals surface area contributed by atoms with Gasteiger partial charge in [0.2, 0.25) is 0 Å². The highest BCUT2D eigenvalue weighted by atomic mass is 16.6. The highest BCUT2D eigenvalue weighted by molar-refractivity contribution is 5.81. The zero-order chi connectivity index (χ0) is 18.9. The molecule has 1 saturated heterocycles. The molecule has 142 valence electrons. The van der Waals surface area contributed by atoms with Gasteiger partial charge >= 0.3 is 5.97 Å². The first-order chi connectivity index (χ1) is 13.2. The van der Waals surface area contributed by atoms with Gasteiger partial charge in [-0.05, 0) is 42.7 Å². The first-order valence-electron chi connectivity index (χ1n) is 9.04. The highest BCUT2D eigenvalue weighted by Crippen LogP contribution is 2.18. The number of hydrogen-bond acceptors (Lipinski definition) is 5. The molecule has 0 bridgehead atoms. The smallest absolute Gasteiger partial charge is 0.344 e. The minimum absolute atomic E-state index is 0.152. The number of ether oxygens (including phenoxy) is 3. The van der Waals surface area contributed by atoms with Gasteiger partial charge in [0.15, 0.2) is 13.2 Å². The average molecular weight is 369 g/mol. The zero-order valence-corrected chi connectivity index (χ0v) is 15.1. The van der Waals surface area contributed by atoms with E-state index in [2.05, 4.69) is 0 Å². The van der Waals surface area contributed by atoms with Crippen molar-refractivity contribution in [3.63, 3.8) is 0 Å². The van der Waals surface area contributed by atoms with Gasteiger partial charge in [0.05, 0.1) is 0 Å². The third-order valence-electron chi connectivity index (χ3n) is 4.24. The van der Waals surface area contributed by atoms with E-state index in [0.29, 0.717) is 18.1 Å². The van der Waals surface area contributed by atoms with Gasteiger partial charge in [-0.3, -0.25) is 4.79 Å². The molecule has 6 nitrogen and oxygen atoms in total. The summed E-state index contributed by atoms with van der Waals surface area (Å²) in [5, 5.41) is 0. The monoisotopic (exact) mass is 369 g/mol. The molecule has 2 aromatic carbocycles. The van der Waals surface area contributed by atoms with E-state index in [1.54, 1.807) is 29.2 Å². The second-order valence-electron chi connectivity index (χ2n) is 6.28. The number of rotatable bonds is 8. The molecule has 1 heterocycles. The van der Waals surface area contributed by atoms with Crippen LogP contribution in [0.1, 0.15) is 18.4 Å². The molecule has 1 aliphatic rings. The standard InChI is InChI=1S/C21H23NO5/c23-20(22-12-4-5-13-22)15-27-21(24)16-26-19-10-8-18(9-11-19)25-14-17-6-2-1-3-7-17/h1-3,6-11H,4-5,12-16H2. The van der Waals surface area contributed by atoms with Crippen molar-refractivity contribution >= 4 is 11.9 Å². The largest absolute Gasteiger partial charge is 0.489 e. The Labute approximate surface area is 158 Å². The third-order valence-corrected chi connectivity index (χ3v) is 4.24. The molecule has 1 aliphatic heterocycles. The van der Waals surface area contributed by atoms with Gasteiger partial charge in [0.1, 0.15) is 18.1 Å². The van der Waals surface area contributed by atoms with Crippen LogP contribution in [0.2, 0.25) is 0 Å². The minimum Gasteiger partial charge on any atom is -0.489 e. The Hall–Kier alpha value is -3.02. The number of esters is 1. The lowest BCUT2D eigenvalue weighted by molar-refractivity contribution is -0.153. The van der Waals surface area contributed by atoms with Crippen LogP contribution in [0, 0.1) is 0 Å².